The number of Topliss-reactive ketones (excluding diaryl/α,β-unsaturated/α-hetero) is 1. The Morgan fingerprint density at radius 2 is 2.04 bits per heavy atom. The normalized spacial score (nSPS) is 25.0. The zero-order valence-corrected chi connectivity index (χ0v) is 15.1. The van der Waals surface area contributed by atoms with E-state index >= 15 is 0 Å². The van der Waals surface area contributed by atoms with E-state index in [9.17, 15) is 14.4 Å². The number of fused-ring (bicyclic) bond motifs is 1. The van der Waals surface area contributed by atoms with E-state index in [0.717, 1.165) is 6.42 Å². The number of thioether (sulfide) groups is 1. The molecule has 0 spiro atoms. The van der Waals surface area contributed by atoms with Gasteiger partial charge in [0, 0.05) is 17.7 Å². The van der Waals surface area contributed by atoms with Gasteiger partial charge in [-0.15, -0.1) is 11.8 Å². The van der Waals surface area contributed by atoms with Crippen LogP contribution in [0.2, 0.25) is 0 Å². The van der Waals surface area contributed by atoms with Crippen molar-refractivity contribution in [3.8, 4) is 5.75 Å². The lowest BCUT2D eigenvalue weighted by molar-refractivity contribution is -0.152. The number of ketones is 1. The number of esters is 1. The lowest BCUT2D eigenvalue weighted by atomic mass is 10.1. The summed E-state index contributed by atoms with van der Waals surface area (Å²) in [5.41, 5.74) is 0.458. The van der Waals surface area contributed by atoms with Gasteiger partial charge in [-0.25, -0.2) is 4.79 Å². The van der Waals surface area contributed by atoms with Gasteiger partial charge in [0.25, 0.3) is 0 Å². The number of carbonyl (C=O) groups excluding carboxylic acids is 3. The average molecular weight is 363 g/mol. The molecule has 0 saturated carbocycles. The van der Waals surface area contributed by atoms with Gasteiger partial charge in [-0.1, -0.05) is 0 Å². The second-order valence-corrected chi connectivity index (χ2v) is 7.76. The Morgan fingerprint density at radius 3 is 2.72 bits per heavy atom. The zero-order valence-electron chi connectivity index (χ0n) is 14.3. The lowest BCUT2D eigenvalue weighted by Gasteiger charge is -2.29. The van der Waals surface area contributed by atoms with E-state index in [4.69, 9.17) is 9.47 Å². The number of amides is 1. The molecule has 0 unspecified atom stereocenters. The third-order valence-corrected chi connectivity index (χ3v) is 6.05. The van der Waals surface area contributed by atoms with Crippen LogP contribution in [0.3, 0.4) is 0 Å². The Balaban J connectivity index is 1.57. The molecule has 1 amide bonds. The summed E-state index contributed by atoms with van der Waals surface area (Å²) in [4.78, 5) is 37.9. The first-order valence-corrected chi connectivity index (χ1v) is 9.32. The summed E-state index contributed by atoms with van der Waals surface area (Å²) in [7, 11) is 0. The molecule has 7 heteroatoms. The van der Waals surface area contributed by atoms with E-state index in [0.29, 0.717) is 30.1 Å². The molecule has 3 rings (SSSR count). The van der Waals surface area contributed by atoms with Gasteiger partial charge in [-0.2, -0.15) is 0 Å². The maximum Gasteiger partial charge on any atom is 0.330 e. The smallest absolute Gasteiger partial charge is 0.330 e. The Kier molecular flexibility index (Phi) is 5.03. The lowest BCUT2D eigenvalue weighted by Crippen LogP contribution is -2.46. The van der Waals surface area contributed by atoms with Crippen molar-refractivity contribution in [1.82, 2.24) is 4.90 Å². The SMILES string of the molecule is CCOc1ccc(C(=O)COC(=O)[C@@H]2CS[C@@]3(C)CCC(=O)N23)cc1. The van der Waals surface area contributed by atoms with Gasteiger partial charge in [0.1, 0.15) is 11.8 Å². The summed E-state index contributed by atoms with van der Waals surface area (Å²) >= 11 is 1.60. The van der Waals surface area contributed by atoms with Crippen LogP contribution in [-0.2, 0) is 14.3 Å². The molecule has 1 aromatic rings. The van der Waals surface area contributed by atoms with Crippen LogP contribution in [0.25, 0.3) is 0 Å². The van der Waals surface area contributed by atoms with Crippen LogP contribution in [0.1, 0.15) is 37.0 Å². The Labute approximate surface area is 150 Å². The summed E-state index contributed by atoms with van der Waals surface area (Å²) in [6.45, 7) is 4.09. The molecule has 25 heavy (non-hydrogen) atoms. The number of rotatable bonds is 6. The fraction of sp³-hybridized carbons (Fsp3) is 0.500. The van der Waals surface area contributed by atoms with Crippen LogP contribution < -0.4 is 4.74 Å². The standard InChI is InChI=1S/C18H21NO5S/c1-3-23-13-6-4-12(5-7-13)15(20)10-24-17(22)14-11-25-18(2)9-8-16(21)19(14)18/h4-7,14H,3,8-11H2,1-2H3/t14-,18-/m0/s1. The molecule has 134 valence electrons. The number of hydrogen-bond acceptors (Lipinski definition) is 6. The molecule has 0 radical (unpaired) electrons. The minimum absolute atomic E-state index is 0.0210. The summed E-state index contributed by atoms with van der Waals surface area (Å²) in [5, 5.41) is 0. The first kappa shape index (κ1) is 17.8. The summed E-state index contributed by atoms with van der Waals surface area (Å²) in [6.07, 6.45) is 1.20. The minimum Gasteiger partial charge on any atom is -0.494 e. The number of nitrogens with zero attached hydrogens (tertiary/aromatic N) is 1. The minimum atomic E-state index is -0.599. The molecule has 6 nitrogen and oxygen atoms in total. The molecular weight excluding hydrogens is 342 g/mol. The third-order valence-electron chi connectivity index (χ3n) is 4.55. The fourth-order valence-corrected chi connectivity index (χ4v) is 4.63. The van der Waals surface area contributed by atoms with E-state index < -0.39 is 12.0 Å². The highest BCUT2D eigenvalue weighted by Gasteiger charge is 2.53. The van der Waals surface area contributed by atoms with Crippen molar-refractivity contribution in [1.29, 1.82) is 0 Å². The van der Waals surface area contributed by atoms with Gasteiger partial charge < -0.3 is 14.4 Å². The Bertz CT molecular complexity index is 689. The molecular formula is C18H21NO5S. The average Bonchev–Trinajstić information content (AvgIpc) is 3.10. The Hall–Kier alpha value is -2.02. The highest BCUT2D eigenvalue weighted by atomic mass is 32.2. The largest absolute Gasteiger partial charge is 0.494 e. The van der Waals surface area contributed by atoms with Gasteiger partial charge in [0.05, 0.1) is 11.5 Å². The van der Waals surface area contributed by atoms with Crippen molar-refractivity contribution in [2.75, 3.05) is 19.0 Å². The molecule has 0 N–H and O–H groups in total. The maximum atomic E-state index is 12.3. The Morgan fingerprint density at radius 1 is 1.32 bits per heavy atom. The van der Waals surface area contributed by atoms with Crippen LogP contribution in [0.5, 0.6) is 5.75 Å². The van der Waals surface area contributed by atoms with Crippen molar-refractivity contribution >= 4 is 29.4 Å². The van der Waals surface area contributed by atoms with E-state index in [1.807, 2.05) is 13.8 Å². The van der Waals surface area contributed by atoms with Crippen LogP contribution in [0, 0.1) is 0 Å². The van der Waals surface area contributed by atoms with Crippen molar-refractivity contribution < 1.29 is 23.9 Å². The van der Waals surface area contributed by atoms with Crippen molar-refractivity contribution in [3.63, 3.8) is 0 Å². The molecule has 0 bridgehead atoms. The topological polar surface area (TPSA) is 72.9 Å². The molecule has 2 fully saturated rings. The molecule has 2 aliphatic heterocycles. The molecule has 2 aliphatic rings. The van der Waals surface area contributed by atoms with E-state index in [1.165, 1.54) is 0 Å². The van der Waals surface area contributed by atoms with E-state index in [1.54, 1.807) is 40.9 Å². The summed E-state index contributed by atoms with van der Waals surface area (Å²) in [6, 6.07) is 6.11. The highest BCUT2D eigenvalue weighted by Crippen LogP contribution is 2.47. The number of carbonyl (C=O) groups is 3. The molecule has 2 saturated heterocycles. The summed E-state index contributed by atoms with van der Waals surface area (Å²) < 4.78 is 10.5. The summed E-state index contributed by atoms with van der Waals surface area (Å²) in [5.74, 6) is 0.389. The third kappa shape index (κ3) is 3.51. The van der Waals surface area contributed by atoms with Crippen molar-refractivity contribution in [2.24, 2.45) is 0 Å². The van der Waals surface area contributed by atoms with Crippen LogP contribution in [0.4, 0.5) is 0 Å². The van der Waals surface area contributed by atoms with Crippen LogP contribution in [0.15, 0.2) is 24.3 Å². The molecule has 2 heterocycles. The number of hydrogen-bond donors (Lipinski definition) is 0. The predicted molar refractivity (Wildman–Crippen MR) is 93.6 cm³/mol. The van der Waals surface area contributed by atoms with Gasteiger partial charge in [-0.05, 0) is 44.5 Å². The number of benzene rings is 1. The van der Waals surface area contributed by atoms with Gasteiger partial charge >= 0.3 is 5.97 Å². The predicted octanol–water partition coefficient (Wildman–Crippen LogP) is 2.27. The first-order chi connectivity index (χ1) is 11.9. The molecule has 1 aromatic carbocycles. The highest BCUT2D eigenvalue weighted by molar-refractivity contribution is 8.01. The monoisotopic (exact) mass is 363 g/mol. The van der Waals surface area contributed by atoms with E-state index in [-0.39, 0.29) is 23.2 Å². The first-order valence-electron chi connectivity index (χ1n) is 8.33. The van der Waals surface area contributed by atoms with E-state index in [2.05, 4.69) is 0 Å². The molecule has 2 atom stereocenters. The van der Waals surface area contributed by atoms with Crippen molar-refractivity contribution in [2.45, 2.75) is 37.6 Å². The van der Waals surface area contributed by atoms with Gasteiger partial charge in [0.15, 0.2) is 12.4 Å². The zero-order chi connectivity index (χ0) is 18.0. The molecule has 0 aliphatic carbocycles. The van der Waals surface area contributed by atoms with Crippen LogP contribution in [-0.4, -0.2) is 52.4 Å². The molecule has 0 aromatic heterocycles. The van der Waals surface area contributed by atoms with Crippen molar-refractivity contribution in [3.05, 3.63) is 29.8 Å². The van der Waals surface area contributed by atoms with Gasteiger partial charge in [0.2, 0.25) is 5.91 Å². The number of ether oxygens (including phenoxy) is 2. The maximum absolute atomic E-state index is 12.3. The fourth-order valence-electron chi connectivity index (χ4n) is 3.22. The van der Waals surface area contributed by atoms with Gasteiger partial charge in [-0.3, -0.25) is 9.59 Å². The quantitative estimate of drug-likeness (QED) is 0.570. The second-order valence-electron chi connectivity index (χ2n) is 6.25. The second kappa shape index (κ2) is 7.07. The van der Waals surface area contributed by atoms with Crippen LogP contribution >= 0.6 is 11.8 Å².